The molecule has 20 heavy (non-hydrogen) atoms. The summed E-state index contributed by atoms with van der Waals surface area (Å²) in [7, 11) is 0. The summed E-state index contributed by atoms with van der Waals surface area (Å²) in [4.78, 5) is 26.0. The van der Waals surface area contributed by atoms with Crippen molar-refractivity contribution < 1.29 is 9.59 Å². The number of nitrogens with one attached hydrogen (secondary N) is 1. The van der Waals surface area contributed by atoms with Crippen molar-refractivity contribution in [2.75, 3.05) is 11.4 Å². The van der Waals surface area contributed by atoms with E-state index in [1.54, 1.807) is 17.0 Å². The van der Waals surface area contributed by atoms with Crippen molar-refractivity contribution >= 4 is 29.1 Å². The molecule has 2 rings (SSSR count). The largest absolute Gasteiger partial charge is 0.344 e. The zero-order valence-corrected chi connectivity index (χ0v) is 12.5. The molecular weight excluding hydrogens is 276 g/mol. The Labute approximate surface area is 124 Å². The highest BCUT2D eigenvalue weighted by Crippen LogP contribution is 2.23. The first kappa shape index (κ1) is 14.9. The molecule has 1 aromatic rings. The van der Waals surface area contributed by atoms with Crippen LogP contribution >= 0.6 is 11.6 Å². The first-order valence-corrected chi connectivity index (χ1v) is 7.21. The standard InChI is InChI=1S/C15H19ClN2O2/c1-10(2)8-13-15(20)18(7-6-14(19)17-13)12-5-3-4-11(16)9-12/h3-5,9-10,13H,6-8H2,1-2H3,(H,17,19). The number of anilines is 1. The van der Waals surface area contributed by atoms with Crippen LogP contribution in [0.3, 0.4) is 0 Å². The maximum Gasteiger partial charge on any atom is 0.249 e. The predicted octanol–water partition coefficient (Wildman–Crippen LogP) is 2.61. The Morgan fingerprint density at radius 1 is 1.40 bits per heavy atom. The van der Waals surface area contributed by atoms with Gasteiger partial charge in [-0.3, -0.25) is 9.59 Å². The number of carbonyl (C=O) groups is 2. The number of hydrogen-bond donors (Lipinski definition) is 1. The Morgan fingerprint density at radius 2 is 2.15 bits per heavy atom. The fraction of sp³-hybridized carbons (Fsp3) is 0.467. The maximum absolute atomic E-state index is 12.6. The number of amides is 2. The van der Waals surface area contributed by atoms with Crippen LogP contribution in [0.4, 0.5) is 5.69 Å². The lowest BCUT2D eigenvalue weighted by Crippen LogP contribution is -2.45. The van der Waals surface area contributed by atoms with Crippen molar-refractivity contribution in [2.45, 2.75) is 32.7 Å². The summed E-state index contributed by atoms with van der Waals surface area (Å²) in [6.45, 7) is 4.46. The van der Waals surface area contributed by atoms with E-state index in [-0.39, 0.29) is 11.8 Å². The summed E-state index contributed by atoms with van der Waals surface area (Å²) in [5, 5.41) is 3.39. The highest BCUT2D eigenvalue weighted by atomic mass is 35.5. The fourth-order valence-corrected chi connectivity index (χ4v) is 2.56. The predicted molar refractivity (Wildman–Crippen MR) is 79.8 cm³/mol. The molecule has 0 saturated carbocycles. The summed E-state index contributed by atoms with van der Waals surface area (Å²) in [5.41, 5.74) is 0.743. The third-order valence-electron chi connectivity index (χ3n) is 3.29. The molecule has 0 aromatic heterocycles. The Morgan fingerprint density at radius 3 is 2.80 bits per heavy atom. The van der Waals surface area contributed by atoms with Gasteiger partial charge in [0.25, 0.3) is 0 Å². The van der Waals surface area contributed by atoms with Gasteiger partial charge in [-0.1, -0.05) is 31.5 Å². The molecule has 1 aliphatic heterocycles. The van der Waals surface area contributed by atoms with Crippen LogP contribution in [0.15, 0.2) is 24.3 Å². The number of rotatable bonds is 3. The van der Waals surface area contributed by atoms with Crippen molar-refractivity contribution in [3.05, 3.63) is 29.3 Å². The van der Waals surface area contributed by atoms with Crippen LogP contribution in [0.5, 0.6) is 0 Å². The number of halogens is 1. The molecule has 1 aromatic carbocycles. The molecule has 0 radical (unpaired) electrons. The van der Waals surface area contributed by atoms with Gasteiger partial charge in [-0.15, -0.1) is 0 Å². The normalized spacial score (nSPS) is 20.0. The van der Waals surface area contributed by atoms with Crippen LogP contribution in [0.1, 0.15) is 26.7 Å². The SMILES string of the molecule is CC(C)CC1NC(=O)CCN(c2cccc(Cl)c2)C1=O. The summed E-state index contributed by atoms with van der Waals surface area (Å²) in [5.74, 6) is 0.198. The third-order valence-corrected chi connectivity index (χ3v) is 3.52. The lowest BCUT2D eigenvalue weighted by Gasteiger charge is -2.25. The summed E-state index contributed by atoms with van der Waals surface area (Å²) < 4.78 is 0. The first-order valence-electron chi connectivity index (χ1n) is 6.83. The van der Waals surface area contributed by atoms with Gasteiger partial charge < -0.3 is 10.2 Å². The highest BCUT2D eigenvalue weighted by molar-refractivity contribution is 6.31. The van der Waals surface area contributed by atoms with Gasteiger partial charge in [-0.2, -0.15) is 0 Å². The Hall–Kier alpha value is -1.55. The minimum atomic E-state index is -0.455. The van der Waals surface area contributed by atoms with E-state index < -0.39 is 6.04 Å². The van der Waals surface area contributed by atoms with E-state index in [1.807, 2.05) is 26.0 Å². The van der Waals surface area contributed by atoms with Crippen molar-refractivity contribution in [1.29, 1.82) is 0 Å². The molecule has 1 unspecified atom stereocenters. The van der Waals surface area contributed by atoms with E-state index in [9.17, 15) is 9.59 Å². The molecule has 108 valence electrons. The van der Waals surface area contributed by atoms with E-state index in [2.05, 4.69) is 5.32 Å². The lowest BCUT2D eigenvalue weighted by molar-refractivity contribution is -0.125. The first-order chi connectivity index (χ1) is 9.47. The molecule has 1 aliphatic rings. The zero-order chi connectivity index (χ0) is 14.7. The van der Waals surface area contributed by atoms with Crippen LogP contribution in [-0.4, -0.2) is 24.4 Å². The number of nitrogens with zero attached hydrogens (tertiary/aromatic N) is 1. The van der Waals surface area contributed by atoms with Gasteiger partial charge in [-0.25, -0.2) is 0 Å². The Kier molecular flexibility index (Phi) is 4.65. The van der Waals surface area contributed by atoms with E-state index in [4.69, 9.17) is 11.6 Å². The zero-order valence-electron chi connectivity index (χ0n) is 11.7. The molecule has 2 amide bonds. The molecule has 1 fully saturated rings. The minimum absolute atomic E-state index is 0.0631. The average molecular weight is 295 g/mol. The molecule has 0 bridgehead atoms. The minimum Gasteiger partial charge on any atom is -0.344 e. The van der Waals surface area contributed by atoms with Gasteiger partial charge >= 0.3 is 0 Å². The van der Waals surface area contributed by atoms with E-state index in [0.29, 0.717) is 30.3 Å². The second-order valence-electron chi connectivity index (χ2n) is 5.47. The molecule has 0 aliphatic carbocycles. The topological polar surface area (TPSA) is 49.4 Å². The van der Waals surface area contributed by atoms with Gasteiger partial charge in [0.1, 0.15) is 6.04 Å². The molecule has 4 nitrogen and oxygen atoms in total. The van der Waals surface area contributed by atoms with Crippen LogP contribution in [0, 0.1) is 5.92 Å². The number of hydrogen-bond acceptors (Lipinski definition) is 2. The number of carbonyl (C=O) groups excluding carboxylic acids is 2. The third kappa shape index (κ3) is 3.51. The van der Waals surface area contributed by atoms with Gasteiger partial charge in [0.05, 0.1) is 0 Å². The molecule has 1 heterocycles. The molecular formula is C15H19ClN2O2. The van der Waals surface area contributed by atoms with Crippen LogP contribution in [0.25, 0.3) is 0 Å². The Balaban J connectivity index is 2.27. The molecule has 1 atom stereocenters. The van der Waals surface area contributed by atoms with Crippen LogP contribution in [-0.2, 0) is 9.59 Å². The van der Waals surface area contributed by atoms with Gasteiger partial charge in [0.15, 0.2) is 0 Å². The van der Waals surface area contributed by atoms with E-state index in [0.717, 1.165) is 5.69 Å². The number of benzene rings is 1. The van der Waals surface area contributed by atoms with E-state index >= 15 is 0 Å². The summed E-state index contributed by atoms with van der Waals surface area (Å²) >= 11 is 5.98. The maximum atomic E-state index is 12.6. The average Bonchev–Trinajstić information content (AvgIpc) is 2.49. The molecule has 5 heteroatoms. The second kappa shape index (κ2) is 6.27. The van der Waals surface area contributed by atoms with Crippen LogP contribution in [0.2, 0.25) is 5.02 Å². The van der Waals surface area contributed by atoms with Gasteiger partial charge in [0, 0.05) is 23.7 Å². The van der Waals surface area contributed by atoms with Crippen molar-refractivity contribution in [2.24, 2.45) is 5.92 Å². The van der Waals surface area contributed by atoms with Gasteiger partial charge in [0.2, 0.25) is 11.8 Å². The van der Waals surface area contributed by atoms with Crippen molar-refractivity contribution in [1.82, 2.24) is 5.32 Å². The van der Waals surface area contributed by atoms with E-state index in [1.165, 1.54) is 0 Å². The van der Waals surface area contributed by atoms with Gasteiger partial charge in [-0.05, 0) is 30.5 Å². The monoisotopic (exact) mass is 294 g/mol. The smallest absolute Gasteiger partial charge is 0.249 e. The Bertz CT molecular complexity index is 516. The molecule has 1 saturated heterocycles. The summed E-state index contributed by atoms with van der Waals surface area (Å²) in [6.07, 6.45) is 0.953. The fourth-order valence-electron chi connectivity index (χ4n) is 2.37. The molecule has 0 spiro atoms. The second-order valence-corrected chi connectivity index (χ2v) is 5.91. The highest BCUT2D eigenvalue weighted by Gasteiger charge is 2.31. The van der Waals surface area contributed by atoms with Crippen molar-refractivity contribution in [3.63, 3.8) is 0 Å². The lowest BCUT2D eigenvalue weighted by atomic mass is 10.0. The molecule has 1 N–H and O–H groups in total. The summed E-state index contributed by atoms with van der Waals surface area (Å²) in [6, 6.07) is 6.71. The van der Waals surface area contributed by atoms with Crippen molar-refractivity contribution in [3.8, 4) is 0 Å². The quantitative estimate of drug-likeness (QED) is 0.931. The van der Waals surface area contributed by atoms with Crippen LogP contribution < -0.4 is 10.2 Å².